The van der Waals surface area contributed by atoms with Gasteiger partial charge in [-0.3, -0.25) is 4.79 Å². The van der Waals surface area contributed by atoms with E-state index in [9.17, 15) is 9.59 Å². The Morgan fingerprint density at radius 3 is 2.41 bits per heavy atom. The number of benzene rings is 2. The number of amides is 3. The quantitative estimate of drug-likeness (QED) is 0.775. The molecular weight excluding hydrogens is 342 g/mol. The molecule has 1 atom stereocenters. The van der Waals surface area contributed by atoms with Crippen LogP contribution in [0.15, 0.2) is 53.7 Å². The Morgan fingerprint density at radius 1 is 1.07 bits per heavy atom. The maximum Gasteiger partial charge on any atom is 0.319 e. The summed E-state index contributed by atoms with van der Waals surface area (Å²) in [6, 6.07) is 12.2. The van der Waals surface area contributed by atoms with Gasteiger partial charge in [-0.25, -0.2) is 4.79 Å². The molecule has 1 aliphatic heterocycles. The molecule has 2 aromatic carbocycles. The third kappa shape index (κ3) is 3.95. The Kier molecular flexibility index (Phi) is 5.16. The van der Waals surface area contributed by atoms with Crippen molar-refractivity contribution in [2.75, 3.05) is 12.4 Å². The number of anilines is 1. The molecular formula is C21H23N3O3. The van der Waals surface area contributed by atoms with Gasteiger partial charge in [-0.15, -0.1) is 0 Å². The monoisotopic (exact) mass is 365 g/mol. The summed E-state index contributed by atoms with van der Waals surface area (Å²) in [5, 5.41) is 8.46. The van der Waals surface area contributed by atoms with Gasteiger partial charge in [0.15, 0.2) is 0 Å². The van der Waals surface area contributed by atoms with Gasteiger partial charge in [-0.05, 0) is 56.2 Å². The number of hydrogen-bond acceptors (Lipinski definition) is 3. The standard InChI is InChI=1S/C21H23N3O3/c1-12-5-10-17(13(2)11-12)19-18(14(3)22-21(26)24-19)20(25)23-15-6-8-16(27-4)9-7-15/h5-11,19H,1-4H3,(H,23,25)(H2,22,24,26)/t19-/m0/s1. The summed E-state index contributed by atoms with van der Waals surface area (Å²) in [6.45, 7) is 5.72. The van der Waals surface area contributed by atoms with Crippen LogP contribution < -0.4 is 20.7 Å². The third-order valence-corrected chi connectivity index (χ3v) is 4.60. The number of ether oxygens (including phenoxy) is 1. The zero-order chi connectivity index (χ0) is 19.6. The van der Waals surface area contributed by atoms with Crippen molar-refractivity contribution in [2.45, 2.75) is 26.8 Å². The number of methoxy groups -OCH3 is 1. The van der Waals surface area contributed by atoms with E-state index < -0.39 is 6.04 Å². The molecule has 0 radical (unpaired) electrons. The Balaban J connectivity index is 1.94. The van der Waals surface area contributed by atoms with E-state index in [0.29, 0.717) is 22.7 Å². The average Bonchev–Trinajstić information content (AvgIpc) is 2.61. The van der Waals surface area contributed by atoms with Gasteiger partial charge < -0.3 is 20.7 Å². The van der Waals surface area contributed by atoms with Crippen molar-refractivity contribution >= 4 is 17.6 Å². The van der Waals surface area contributed by atoms with Crippen LogP contribution >= 0.6 is 0 Å². The number of rotatable bonds is 4. The SMILES string of the molecule is COc1ccc(NC(=O)C2=C(C)NC(=O)N[C@H]2c2ccc(C)cc2C)cc1. The number of allylic oxidation sites excluding steroid dienone is 1. The van der Waals surface area contributed by atoms with Crippen LogP contribution in [0, 0.1) is 13.8 Å². The van der Waals surface area contributed by atoms with Crippen molar-refractivity contribution in [3.05, 3.63) is 70.4 Å². The zero-order valence-corrected chi connectivity index (χ0v) is 15.8. The first-order chi connectivity index (χ1) is 12.9. The molecule has 3 amide bonds. The molecule has 6 nitrogen and oxygen atoms in total. The molecule has 27 heavy (non-hydrogen) atoms. The van der Waals surface area contributed by atoms with E-state index in [1.165, 1.54) is 0 Å². The van der Waals surface area contributed by atoms with Gasteiger partial charge >= 0.3 is 6.03 Å². The van der Waals surface area contributed by atoms with Crippen LogP contribution in [0.2, 0.25) is 0 Å². The Labute approximate surface area is 158 Å². The zero-order valence-electron chi connectivity index (χ0n) is 15.8. The van der Waals surface area contributed by atoms with E-state index in [1.54, 1.807) is 38.3 Å². The van der Waals surface area contributed by atoms with Crippen LogP contribution in [-0.2, 0) is 4.79 Å². The predicted octanol–water partition coefficient (Wildman–Crippen LogP) is 3.58. The van der Waals surface area contributed by atoms with E-state index in [2.05, 4.69) is 16.0 Å². The fourth-order valence-corrected chi connectivity index (χ4v) is 3.25. The van der Waals surface area contributed by atoms with E-state index in [0.717, 1.165) is 16.7 Å². The highest BCUT2D eigenvalue weighted by atomic mass is 16.5. The molecule has 0 unspecified atom stereocenters. The molecule has 1 heterocycles. The van der Waals surface area contributed by atoms with Crippen molar-refractivity contribution in [1.29, 1.82) is 0 Å². The van der Waals surface area contributed by atoms with Crippen LogP contribution in [0.4, 0.5) is 10.5 Å². The second-order valence-electron chi connectivity index (χ2n) is 6.61. The second kappa shape index (κ2) is 7.53. The first-order valence-electron chi connectivity index (χ1n) is 8.70. The lowest BCUT2D eigenvalue weighted by molar-refractivity contribution is -0.113. The average molecular weight is 365 g/mol. The normalized spacial score (nSPS) is 16.4. The van der Waals surface area contributed by atoms with E-state index in [4.69, 9.17) is 4.74 Å². The molecule has 0 saturated heterocycles. The van der Waals surface area contributed by atoms with Gasteiger partial charge in [0.2, 0.25) is 0 Å². The van der Waals surface area contributed by atoms with Gasteiger partial charge in [0.05, 0.1) is 18.7 Å². The molecule has 140 valence electrons. The molecule has 0 saturated carbocycles. The van der Waals surface area contributed by atoms with E-state index >= 15 is 0 Å². The molecule has 0 aromatic heterocycles. The first kappa shape index (κ1) is 18.5. The van der Waals surface area contributed by atoms with E-state index in [-0.39, 0.29) is 11.9 Å². The first-order valence-corrected chi connectivity index (χ1v) is 8.70. The summed E-state index contributed by atoms with van der Waals surface area (Å²) in [5.74, 6) is 0.443. The van der Waals surface area contributed by atoms with Gasteiger partial charge in [0, 0.05) is 11.4 Å². The van der Waals surface area contributed by atoms with Crippen molar-refractivity contribution in [1.82, 2.24) is 10.6 Å². The summed E-state index contributed by atoms with van der Waals surface area (Å²) >= 11 is 0. The highest BCUT2D eigenvalue weighted by Gasteiger charge is 2.32. The van der Waals surface area contributed by atoms with Crippen LogP contribution in [0.5, 0.6) is 5.75 Å². The summed E-state index contributed by atoms with van der Waals surface area (Å²) in [5.41, 5.74) is 4.71. The van der Waals surface area contributed by atoms with Crippen molar-refractivity contribution in [3.63, 3.8) is 0 Å². The Bertz CT molecular complexity index is 917. The lowest BCUT2D eigenvalue weighted by Gasteiger charge is -2.29. The van der Waals surface area contributed by atoms with Gasteiger partial charge in [-0.1, -0.05) is 23.8 Å². The fraction of sp³-hybridized carbons (Fsp3) is 0.238. The highest BCUT2D eigenvalue weighted by molar-refractivity contribution is 6.06. The van der Waals surface area contributed by atoms with Gasteiger partial charge in [0.1, 0.15) is 5.75 Å². The third-order valence-electron chi connectivity index (χ3n) is 4.60. The summed E-state index contributed by atoms with van der Waals surface area (Å²) in [4.78, 5) is 25.0. The molecule has 3 rings (SSSR count). The minimum Gasteiger partial charge on any atom is -0.497 e. The number of urea groups is 1. The van der Waals surface area contributed by atoms with Crippen molar-refractivity contribution in [3.8, 4) is 5.75 Å². The fourth-order valence-electron chi connectivity index (χ4n) is 3.25. The maximum absolute atomic E-state index is 13.0. The maximum atomic E-state index is 13.0. The Hall–Kier alpha value is -3.28. The molecule has 6 heteroatoms. The molecule has 0 fully saturated rings. The largest absolute Gasteiger partial charge is 0.497 e. The van der Waals surface area contributed by atoms with Crippen molar-refractivity contribution < 1.29 is 14.3 Å². The predicted molar refractivity (Wildman–Crippen MR) is 105 cm³/mol. The van der Waals surface area contributed by atoms with Crippen LogP contribution in [-0.4, -0.2) is 19.0 Å². The van der Waals surface area contributed by atoms with Gasteiger partial charge in [0.25, 0.3) is 5.91 Å². The number of nitrogens with one attached hydrogen (secondary N) is 3. The smallest absolute Gasteiger partial charge is 0.319 e. The lowest BCUT2D eigenvalue weighted by Crippen LogP contribution is -2.46. The van der Waals surface area contributed by atoms with Crippen molar-refractivity contribution in [2.24, 2.45) is 0 Å². The van der Waals surface area contributed by atoms with Crippen LogP contribution in [0.3, 0.4) is 0 Å². The highest BCUT2D eigenvalue weighted by Crippen LogP contribution is 2.30. The van der Waals surface area contributed by atoms with Crippen LogP contribution in [0.25, 0.3) is 0 Å². The lowest BCUT2D eigenvalue weighted by atomic mass is 9.91. The van der Waals surface area contributed by atoms with E-state index in [1.807, 2.05) is 32.0 Å². The minimum atomic E-state index is -0.516. The number of carbonyl (C=O) groups is 2. The minimum absolute atomic E-state index is 0.268. The molecule has 3 N–H and O–H groups in total. The second-order valence-corrected chi connectivity index (χ2v) is 6.61. The molecule has 0 aliphatic carbocycles. The number of carbonyl (C=O) groups excluding carboxylic acids is 2. The summed E-state index contributed by atoms with van der Waals surface area (Å²) in [6.07, 6.45) is 0. The molecule has 2 aromatic rings. The summed E-state index contributed by atoms with van der Waals surface area (Å²) in [7, 11) is 1.59. The molecule has 0 bridgehead atoms. The summed E-state index contributed by atoms with van der Waals surface area (Å²) < 4.78 is 5.14. The Morgan fingerprint density at radius 2 is 1.78 bits per heavy atom. The van der Waals surface area contributed by atoms with Gasteiger partial charge in [-0.2, -0.15) is 0 Å². The number of hydrogen-bond donors (Lipinski definition) is 3. The molecule has 0 spiro atoms. The molecule has 1 aliphatic rings. The van der Waals surface area contributed by atoms with Crippen LogP contribution in [0.1, 0.15) is 29.7 Å². The topological polar surface area (TPSA) is 79.5 Å². The number of aryl methyl sites for hydroxylation is 2.